The van der Waals surface area contributed by atoms with Gasteiger partial charge < -0.3 is 10.5 Å². The summed E-state index contributed by atoms with van der Waals surface area (Å²) < 4.78 is 6.20. The predicted molar refractivity (Wildman–Crippen MR) is 60.0 cm³/mol. The standard InChI is InChI=1S/C10H11N5O2/c1-15-5-6(3-13-15)7-4-12-9(11)8(14-7)10(16)17-2/h3-5H,1-2H3,(H2,11,12). The van der Waals surface area contributed by atoms with Gasteiger partial charge in [-0.3, -0.25) is 4.68 Å². The number of ether oxygens (including phenoxy) is 1. The number of nitrogen functional groups attached to an aromatic ring is 1. The molecule has 0 unspecified atom stereocenters. The number of esters is 1. The number of methoxy groups -OCH3 is 1. The number of aryl methyl sites for hydroxylation is 1. The van der Waals surface area contributed by atoms with Crippen LogP contribution >= 0.6 is 0 Å². The zero-order chi connectivity index (χ0) is 12.4. The summed E-state index contributed by atoms with van der Waals surface area (Å²) in [4.78, 5) is 19.4. The lowest BCUT2D eigenvalue weighted by Gasteiger charge is -2.03. The molecule has 0 bridgehead atoms. The summed E-state index contributed by atoms with van der Waals surface area (Å²) in [5.74, 6) is -0.565. The fourth-order valence-corrected chi connectivity index (χ4v) is 1.34. The van der Waals surface area contributed by atoms with Gasteiger partial charge in [-0.2, -0.15) is 5.10 Å². The topological polar surface area (TPSA) is 95.9 Å². The molecule has 2 rings (SSSR count). The molecule has 2 aromatic rings. The van der Waals surface area contributed by atoms with Crippen LogP contribution in [0.25, 0.3) is 11.3 Å². The minimum absolute atomic E-state index is 0.00820. The third-order valence-corrected chi connectivity index (χ3v) is 2.18. The molecular weight excluding hydrogens is 222 g/mol. The molecule has 0 fully saturated rings. The number of nitrogens with two attached hydrogens (primary N) is 1. The van der Waals surface area contributed by atoms with Gasteiger partial charge in [0.05, 0.1) is 25.2 Å². The summed E-state index contributed by atoms with van der Waals surface area (Å²) >= 11 is 0. The molecule has 0 radical (unpaired) electrons. The van der Waals surface area contributed by atoms with E-state index in [2.05, 4.69) is 19.8 Å². The zero-order valence-electron chi connectivity index (χ0n) is 9.41. The Morgan fingerprint density at radius 2 is 2.24 bits per heavy atom. The molecule has 0 spiro atoms. The van der Waals surface area contributed by atoms with E-state index in [9.17, 15) is 4.79 Å². The normalized spacial score (nSPS) is 10.2. The number of carbonyl (C=O) groups excluding carboxylic acids is 1. The van der Waals surface area contributed by atoms with E-state index in [1.54, 1.807) is 24.1 Å². The lowest BCUT2D eigenvalue weighted by Crippen LogP contribution is -2.10. The van der Waals surface area contributed by atoms with Crippen molar-refractivity contribution >= 4 is 11.8 Å². The van der Waals surface area contributed by atoms with E-state index >= 15 is 0 Å². The van der Waals surface area contributed by atoms with Gasteiger partial charge in [-0.15, -0.1) is 0 Å². The number of hydrogen-bond donors (Lipinski definition) is 1. The SMILES string of the molecule is COC(=O)c1nc(-c2cnn(C)c2)cnc1N. The highest BCUT2D eigenvalue weighted by Gasteiger charge is 2.15. The monoisotopic (exact) mass is 233 g/mol. The van der Waals surface area contributed by atoms with Crippen LogP contribution in [0, 0.1) is 0 Å². The molecule has 7 heteroatoms. The molecule has 2 heterocycles. The van der Waals surface area contributed by atoms with E-state index in [1.165, 1.54) is 13.3 Å². The number of carbonyl (C=O) groups is 1. The highest BCUT2D eigenvalue weighted by Crippen LogP contribution is 2.17. The van der Waals surface area contributed by atoms with Gasteiger partial charge in [0.25, 0.3) is 0 Å². The lowest BCUT2D eigenvalue weighted by atomic mass is 10.2. The Bertz CT molecular complexity index is 564. The Morgan fingerprint density at radius 1 is 1.47 bits per heavy atom. The van der Waals surface area contributed by atoms with Crippen molar-refractivity contribution in [1.29, 1.82) is 0 Å². The molecule has 0 atom stereocenters. The molecular formula is C10H11N5O2. The number of aromatic nitrogens is 4. The molecule has 17 heavy (non-hydrogen) atoms. The van der Waals surface area contributed by atoms with Crippen LogP contribution in [0.1, 0.15) is 10.5 Å². The van der Waals surface area contributed by atoms with Crippen LogP contribution in [0.5, 0.6) is 0 Å². The van der Waals surface area contributed by atoms with Crippen LogP contribution in [-0.4, -0.2) is 32.8 Å². The van der Waals surface area contributed by atoms with Crippen molar-refractivity contribution < 1.29 is 9.53 Å². The van der Waals surface area contributed by atoms with Gasteiger partial charge in [-0.05, 0) is 0 Å². The summed E-state index contributed by atoms with van der Waals surface area (Å²) in [5.41, 5.74) is 6.84. The van der Waals surface area contributed by atoms with Crippen molar-refractivity contribution in [3.63, 3.8) is 0 Å². The summed E-state index contributed by atoms with van der Waals surface area (Å²) in [5, 5.41) is 4.01. The Labute approximate surface area is 97.2 Å². The third-order valence-electron chi connectivity index (χ3n) is 2.18. The third kappa shape index (κ3) is 2.07. The zero-order valence-corrected chi connectivity index (χ0v) is 9.41. The smallest absolute Gasteiger partial charge is 0.360 e. The van der Waals surface area contributed by atoms with Gasteiger partial charge in [-0.1, -0.05) is 0 Å². The van der Waals surface area contributed by atoms with Crippen LogP contribution in [-0.2, 0) is 11.8 Å². The quantitative estimate of drug-likeness (QED) is 0.747. The maximum atomic E-state index is 11.4. The Kier molecular flexibility index (Phi) is 2.73. The fraction of sp³-hybridized carbons (Fsp3) is 0.200. The van der Waals surface area contributed by atoms with E-state index in [0.717, 1.165) is 5.56 Å². The average Bonchev–Trinajstić information content (AvgIpc) is 2.75. The van der Waals surface area contributed by atoms with Crippen molar-refractivity contribution in [2.24, 2.45) is 7.05 Å². The number of hydrogen-bond acceptors (Lipinski definition) is 6. The maximum Gasteiger partial charge on any atom is 0.360 e. The Hall–Kier alpha value is -2.44. The first-order valence-corrected chi connectivity index (χ1v) is 4.81. The molecule has 0 saturated heterocycles. The fourth-order valence-electron chi connectivity index (χ4n) is 1.34. The van der Waals surface area contributed by atoms with Gasteiger partial charge in [0.1, 0.15) is 0 Å². The molecule has 0 saturated carbocycles. The largest absolute Gasteiger partial charge is 0.464 e. The van der Waals surface area contributed by atoms with Crippen LogP contribution in [0.15, 0.2) is 18.6 Å². The van der Waals surface area contributed by atoms with Crippen LogP contribution < -0.4 is 5.73 Å². The number of rotatable bonds is 2. The van der Waals surface area contributed by atoms with Crippen molar-refractivity contribution in [2.45, 2.75) is 0 Å². The first-order valence-electron chi connectivity index (χ1n) is 4.81. The van der Waals surface area contributed by atoms with E-state index in [0.29, 0.717) is 5.69 Å². The predicted octanol–water partition coefficient (Wildman–Crippen LogP) is 0.246. The van der Waals surface area contributed by atoms with E-state index in [1.807, 2.05) is 0 Å². The van der Waals surface area contributed by atoms with Crippen molar-refractivity contribution in [2.75, 3.05) is 12.8 Å². The highest BCUT2D eigenvalue weighted by molar-refractivity contribution is 5.92. The first kappa shape index (κ1) is 11.1. The second-order valence-corrected chi connectivity index (χ2v) is 3.38. The van der Waals surface area contributed by atoms with Crippen LogP contribution in [0.4, 0.5) is 5.82 Å². The second kappa shape index (κ2) is 4.20. The second-order valence-electron chi connectivity index (χ2n) is 3.38. The summed E-state index contributed by atoms with van der Waals surface area (Å²) in [6.07, 6.45) is 4.88. The Morgan fingerprint density at radius 3 is 2.82 bits per heavy atom. The average molecular weight is 233 g/mol. The molecule has 88 valence electrons. The number of anilines is 1. The van der Waals surface area contributed by atoms with Crippen molar-refractivity contribution in [1.82, 2.24) is 19.7 Å². The molecule has 0 aliphatic carbocycles. The molecule has 0 aliphatic rings. The molecule has 0 amide bonds. The molecule has 0 aromatic carbocycles. The highest BCUT2D eigenvalue weighted by atomic mass is 16.5. The maximum absolute atomic E-state index is 11.4. The molecule has 2 N–H and O–H groups in total. The molecule has 2 aromatic heterocycles. The minimum Gasteiger partial charge on any atom is -0.464 e. The van der Waals surface area contributed by atoms with Gasteiger partial charge in [0, 0.05) is 18.8 Å². The summed E-state index contributed by atoms with van der Waals surface area (Å²) in [6, 6.07) is 0. The van der Waals surface area contributed by atoms with Crippen molar-refractivity contribution in [3.8, 4) is 11.3 Å². The van der Waals surface area contributed by atoms with Crippen LogP contribution in [0.2, 0.25) is 0 Å². The van der Waals surface area contributed by atoms with Gasteiger partial charge >= 0.3 is 5.97 Å². The van der Waals surface area contributed by atoms with Crippen LogP contribution in [0.3, 0.4) is 0 Å². The van der Waals surface area contributed by atoms with Gasteiger partial charge in [0.2, 0.25) is 0 Å². The molecule has 0 aliphatic heterocycles. The Balaban J connectivity index is 2.47. The first-order chi connectivity index (χ1) is 8.11. The molecule has 7 nitrogen and oxygen atoms in total. The van der Waals surface area contributed by atoms with Crippen molar-refractivity contribution in [3.05, 3.63) is 24.3 Å². The van der Waals surface area contributed by atoms with Gasteiger partial charge in [0.15, 0.2) is 11.5 Å². The summed E-state index contributed by atoms with van der Waals surface area (Å²) in [7, 11) is 3.05. The minimum atomic E-state index is -0.610. The summed E-state index contributed by atoms with van der Waals surface area (Å²) in [6.45, 7) is 0. The number of nitrogens with zero attached hydrogens (tertiary/aromatic N) is 4. The van der Waals surface area contributed by atoms with E-state index < -0.39 is 5.97 Å². The van der Waals surface area contributed by atoms with E-state index in [4.69, 9.17) is 5.73 Å². The van der Waals surface area contributed by atoms with E-state index in [-0.39, 0.29) is 11.5 Å². The lowest BCUT2D eigenvalue weighted by molar-refractivity contribution is 0.0595. The van der Waals surface area contributed by atoms with Gasteiger partial charge in [-0.25, -0.2) is 14.8 Å².